The normalized spacial score (nSPS) is 10.5. The molecule has 0 fully saturated rings. The van der Waals surface area contributed by atoms with Crippen molar-refractivity contribution < 1.29 is 0 Å². The smallest absolute Gasteiger partial charge is 0.101 e. The summed E-state index contributed by atoms with van der Waals surface area (Å²) in [5, 5.41) is 11.4. The second kappa shape index (κ2) is 7.01. The van der Waals surface area contributed by atoms with Gasteiger partial charge in [0, 0.05) is 23.5 Å². The standard InChI is InChI=1S/C18H8Cl4N2/c19-15-3-1-10(5-17(15)21)13-8-24-9-14(12(13)7-23)11-2-4-16(20)18(22)6-11/h1-6,8-9H. The van der Waals surface area contributed by atoms with Crippen molar-refractivity contribution in [2.45, 2.75) is 0 Å². The summed E-state index contributed by atoms with van der Waals surface area (Å²) < 4.78 is 0. The fraction of sp³-hybridized carbons (Fsp3) is 0. The van der Waals surface area contributed by atoms with E-state index in [0.717, 1.165) is 11.1 Å². The molecule has 1 heterocycles. The van der Waals surface area contributed by atoms with Gasteiger partial charge >= 0.3 is 0 Å². The highest BCUT2D eigenvalue weighted by atomic mass is 35.5. The SMILES string of the molecule is N#Cc1c(-c2ccc(Cl)c(Cl)c2)cncc1-c1ccc(Cl)c(Cl)c1. The second-order valence-corrected chi connectivity index (χ2v) is 6.61. The Kier molecular flexibility index (Phi) is 4.99. The quantitative estimate of drug-likeness (QED) is 0.474. The molecule has 0 saturated heterocycles. The summed E-state index contributed by atoms with van der Waals surface area (Å²) >= 11 is 24.1. The zero-order valence-electron chi connectivity index (χ0n) is 12.0. The average Bonchev–Trinajstić information content (AvgIpc) is 2.59. The van der Waals surface area contributed by atoms with Crippen LogP contribution in [0.4, 0.5) is 0 Å². The topological polar surface area (TPSA) is 36.7 Å². The lowest BCUT2D eigenvalue weighted by Gasteiger charge is -2.10. The minimum absolute atomic E-state index is 0.415. The van der Waals surface area contributed by atoms with Gasteiger partial charge in [0.1, 0.15) is 6.07 Å². The summed E-state index contributed by atoms with van der Waals surface area (Å²) in [6.45, 7) is 0. The van der Waals surface area contributed by atoms with Crippen molar-refractivity contribution in [3.8, 4) is 28.3 Å². The molecule has 0 unspecified atom stereocenters. The van der Waals surface area contributed by atoms with Crippen LogP contribution in [0.2, 0.25) is 20.1 Å². The Balaban J connectivity index is 2.21. The van der Waals surface area contributed by atoms with E-state index in [9.17, 15) is 5.26 Å². The number of benzene rings is 2. The number of hydrogen-bond donors (Lipinski definition) is 0. The molecule has 0 spiro atoms. The molecule has 0 N–H and O–H groups in total. The number of nitriles is 1. The molecule has 0 amide bonds. The highest BCUT2D eigenvalue weighted by molar-refractivity contribution is 6.42. The third-order valence-corrected chi connectivity index (χ3v) is 5.00. The van der Waals surface area contributed by atoms with Gasteiger partial charge in [0.15, 0.2) is 0 Å². The highest BCUT2D eigenvalue weighted by Crippen LogP contribution is 2.35. The number of halogens is 4. The van der Waals surface area contributed by atoms with Crippen LogP contribution in [0.1, 0.15) is 5.56 Å². The van der Waals surface area contributed by atoms with Crippen LogP contribution in [0.15, 0.2) is 48.8 Å². The molecule has 0 atom stereocenters. The number of pyridine rings is 1. The Morgan fingerprint density at radius 2 is 1.17 bits per heavy atom. The monoisotopic (exact) mass is 392 g/mol. The van der Waals surface area contributed by atoms with Gasteiger partial charge in [-0.2, -0.15) is 5.26 Å². The molecule has 2 nitrogen and oxygen atoms in total. The summed E-state index contributed by atoms with van der Waals surface area (Å²) in [5.74, 6) is 0. The molecule has 118 valence electrons. The Morgan fingerprint density at radius 3 is 1.54 bits per heavy atom. The van der Waals surface area contributed by atoms with E-state index < -0.39 is 0 Å². The van der Waals surface area contributed by atoms with Crippen molar-refractivity contribution in [3.05, 3.63) is 74.4 Å². The molecular weight excluding hydrogens is 386 g/mol. The van der Waals surface area contributed by atoms with Crippen molar-refractivity contribution in [2.75, 3.05) is 0 Å². The molecule has 2 aromatic carbocycles. The van der Waals surface area contributed by atoms with Gasteiger partial charge < -0.3 is 0 Å². The number of rotatable bonds is 2. The van der Waals surface area contributed by atoms with Crippen LogP contribution in [0, 0.1) is 11.3 Å². The van der Waals surface area contributed by atoms with Crippen LogP contribution in [-0.2, 0) is 0 Å². The molecule has 1 aromatic heterocycles. The van der Waals surface area contributed by atoms with Crippen molar-refractivity contribution in [1.82, 2.24) is 4.98 Å². The van der Waals surface area contributed by atoms with Crippen LogP contribution in [-0.4, -0.2) is 4.98 Å². The van der Waals surface area contributed by atoms with Gasteiger partial charge in [-0.05, 0) is 35.4 Å². The van der Waals surface area contributed by atoms with E-state index in [0.29, 0.717) is 36.8 Å². The fourth-order valence-electron chi connectivity index (χ4n) is 2.35. The van der Waals surface area contributed by atoms with E-state index in [2.05, 4.69) is 11.1 Å². The zero-order valence-corrected chi connectivity index (χ0v) is 15.0. The van der Waals surface area contributed by atoms with Crippen molar-refractivity contribution in [1.29, 1.82) is 5.26 Å². The van der Waals surface area contributed by atoms with Crippen LogP contribution >= 0.6 is 46.4 Å². The summed E-state index contributed by atoms with van der Waals surface area (Å²) in [6.07, 6.45) is 3.25. The lowest BCUT2D eigenvalue weighted by molar-refractivity contribution is 1.31. The average molecular weight is 394 g/mol. The van der Waals surface area contributed by atoms with Gasteiger partial charge in [0.05, 0.1) is 25.7 Å². The molecular formula is C18H8Cl4N2. The van der Waals surface area contributed by atoms with Crippen LogP contribution in [0.3, 0.4) is 0 Å². The minimum atomic E-state index is 0.415. The molecule has 0 aliphatic rings. The molecule has 0 bridgehead atoms. The summed E-state index contributed by atoms with van der Waals surface area (Å²) in [6, 6.07) is 12.6. The van der Waals surface area contributed by atoms with E-state index in [1.165, 1.54) is 0 Å². The van der Waals surface area contributed by atoms with E-state index in [1.54, 1.807) is 48.8 Å². The van der Waals surface area contributed by atoms with E-state index in [4.69, 9.17) is 46.4 Å². The second-order valence-electron chi connectivity index (χ2n) is 4.98. The predicted octanol–water partition coefficient (Wildman–Crippen LogP) is 6.90. The van der Waals surface area contributed by atoms with Crippen LogP contribution in [0.25, 0.3) is 22.3 Å². The number of hydrogen-bond acceptors (Lipinski definition) is 2. The first-order valence-corrected chi connectivity index (χ1v) is 8.31. The lowest BCUT2D eigenvalue weighted by Crippen LogP contribution is -1.92. The maximum atomic E-state index is 9.67. The Hall–Kier alpha value is -1.76. The predicted molar refractivity (Wildman–Crippen MR) is 99.9 cm³/mol. The van der Waals surface area contributed by atoms with E-state index >= 15 is 0 Å². The van der Waals surface area contributed by atoms with Crippen LogP contribution in [0.5, 0.6) is 0 Å². The van der Waals surface area contributed by atoms with E-state index in [-0.39, 0.29) is 0 Å². The maximum absolute atomic E-state index is 9.67. The van der Waals surface area contributed by atoms with Crippen LogP contribution < -0.4 is 0 Å². The first-order chi connectivity index (χ1) is 11.5. The molecule has 3 aromatic rings. The van der Waals surface area contributed by atoms with Gasteiger partial charge in [-0.25, -0.2) is 0 Å². The molecule has 3 rings (SSSR count). The summed E-state index contributed by atoms with van der Waals surface area (Å²) in [7, 11) is 0. The Bertz CT molecular complexity index is 907. The van der Waals surface area contributed by atoms with E-state index in [1.807, 2.05) is 0 Å². The molecule has 24 heavy (non-hydrogen) atoms. The largest absolute Gasteiger partial charge is 0.263 e. The first-order valence-electron chi connectivity index (χ1n) is 6.80. The Labute approximate surface area is 159 Å². The molecule has 0 radical (unpaired) electrons. The van der Waals surface area contributed by atoms with Gasteiger partial charge in [0.25, 0.3) is 0 Å². The van der Waals surface area contributed by atoms with Gasteiger partial charge in [-0.15, -0.1) is 0 Å². The van der Waals surface area contributed by atoms with Crippen molar-refractivity contribution in [2.24, 2.45) is 0 Å². The molecule has 0 aliphatic heterocycles. The third-order valence-electron chi connectivity index (χ3n) is 3.52. The Morgan fingerprint density at radius 1 is 0.708 bits per heavy atom. The first kappa shape index (κ1) is 17.1. The molecule has 0 aliphatic carbocycles. The van der Waals surface area contributed by atoms with Gasteiger partial charge in [0.2, 0.25) is 0 Å². The highest BCUT2D eigenvalue weighted by Gasteiger charge is 2.14. The molecule has 0 saturated carbocycles. The zero-order chi connectivity index (χ0) is 17.3. The molecule has 6 heteroatoms. The number of nitrogens with zero attached hydrogens (tertiary/aromatic N) is 2. The summed E-state index contributed by atoms with van der Waals surface area (Å²) in [4.78, 5) is 4.25. The fourth-order valence-corrected chi connectivity index (χ4v) is 2.94. The van der Waals surface area contributed by atoms with Gasteiger partial charge in [-0.1, -0.05) is 58.5 Å². The maximum Gasteiger partial charge on any atom is 0.101 e. The lowest BCUT2D eigenvalue weighted by atomic mass is 9.95. The minimum Gasteiger partial charge on any atom is -0.263 e. The van der Waals surface area contributed by atoms with Gasteiger partial charge in [-0.3, -0.25) is 4.98 Å². The summed E-state index contributed by atoms with van der Waals surface area (Å²) in [5.41, 5.74) is 3.33. The van der Waals surface area contributed by atoms with Crippen molar-refractivity contribution >= 4 is 46.4 Å². The number of aromatic nitrogens is 1. The van der Waals surface area contributed by atoms with Crippen molar-refractivity contribution in [3.63, 3.8) is 0 Å². The third kappa shape index (κ3) is 3.22.